The van der Waals surface area contributed by atoms with Crippen LogP contribution in [0.1, 0.15) is 5.56 Å². The number of azo groups is 2. The van der Waals surface area contributed by atoms with Crippen LogP contribution in [-0.2, 0) is 0 Å². The van der Waals surface area contributed by atoms with Crippen LogP contribution in [-0.4, -0.2) is 0 Å². The Hall–Kier alpha value is -4.37. The second kappa shape index (κ2) is 8.33. The molecule has 30 heavy (non-hydrogen) atoms. The van der Waals surface area contributed by atoms with Crippen LogP contribution >= 0.6 is 0 Å². The minimum atomic E-state index is 0.623. The molecule has 0 heterocycles. The Kier molecular flexibility index (Phi) is 5.27. The molecule has 6 heteroatoms. The largest absolute Gasteiger partial charge is 0.398 e. The van der Waals surface area contributed by atoms with Gasteiger partial charge >= 0.3 is 0 Å². The van der Waals surface area contributed by atoms with Gasteiger partial charge in [0.25, 0.3) is 0 Å². The first-order valence-corrected chi connectivity index (χ1v) is 9.33. The first-order valence-electron chi connectivity index (χ1n) is 9.33. The molecular formula is C24H18N6. The Morgan fingerprint density at radius 1 is 0.700 bits per heavy atom. The van der Waals surface area contributed by atoms with Gasteiger partial charge in [-0.15, -0.1) is 5.11 Å². The van der Waals surface area contributed by atoms with Gasteiger partial charge in [-0.1, -0.05) is 30.3 Å². The van der Waals surface area contributed by atoms with Gasteiger partial charge in [-0.3, -0.25) is 0 Å². The summed E-state index contributed by atoms with van der Waals surface area (Å²) in [5.74, 6) is 0. The van der Waals surface area contributed by atoms with E-state index in [1.165, 1.54) is 0 Å². The van der Waals surface area contributed by atoms with Crippen molar-refractivity contribution in [3.8, 4) is 0 Å². The summed E-state index contributed by atoms with van der Waals surface area (Å²) >= 11 is 0. The monoisotopic (exact) mass is 390 g/mol. The summed E-state index contributed by atoms with van der Waals surface area (Å²) in [7, 11) is 0. The molecule has 6 nitrogen and oxygen atoms in total. The summed E-state index contributed by atoms with van der Waals surface area (Å²) in [6, 6.07) is 24.3. The lowest BCUT2D eigenvalue weighted by Gasteiger charge is -2.04. The number of nitrogen functional groups attached to an aromatic ring is 1. The lowest BCUT2D eigenvalue weighted by molar-refractivity contribution is 1.21. The number of nitrogens with two attached hydrogens (primary N) is 1. The number of rotatable bonds is 4. The van der Waals surface area contributed by atoms with Crippen molar-refractivity contribution in [1.82, 2.24) is 0 Å². The maximum atomic E-state index is 7.10. The van der Waals surface area contributed by atoms with E-state index in [0.717, 1.165) is 27.7 Å². The molecule has 4 aromatic rings. The van der Waals surface area contributed by atoms with Crippen LogP contribution in [0.4, 0.5) is 34.1 Å². The quantitative estimate of drug-likeness (QED) is 0.213. The van der Waals surface area contributed by atoms with Crippen LogP contribution < -0.4 is 5.73 Å². The van der Waals surface area contributed by atoms with Crippen molar-refractivity contribution in [1.29, 1.82) is 0 Å². The molecule has 0 unspecified atom stereocenters. The Morgan fingerprint density at radius 2 is 1.30 bits per heavy atom. The van der Waals surface area contributed by atoms with Crippen molar-refractivity contribution in [3.63, 3.8) is 0 Å². The van der Waals surface area contributed by atoms with Crippen molar-refractivity contribution in [3.05, 3.63) is 95.8 Å². The molecule has 0 fully saturated rings. The number of benzene rings is 4. The lowest BCUT2D eigenvalue weighted by atomic mass is 10.1. The molecule has 0 bridgehead atoms. The first-order chi connectivity index (χ1) is 14.6. The van der Waals surface area contributed by atoms with E-state index >= 15 is 0 Å². The minimum absolute atomic E-state index is 0.623. The third-order valence-corrected chi connectivity index (χ3v) is 4.64. The van der Waals surface area contributed by atoms with Gasteiger partial charge in [0.15, 0.2) is 5.69 Å². The molecule has 0 amide bonds. The van der Waals surface area contributed by atoms with E-state index in [1.54, 1.807) is 12.1 Å². The van der Waals surface area contributed by atoms with E-state index in [0.29, 0.717) is 22.7 Å². The fourth-order valence-corrected chi connectivity index (χ4v) is 3.03. The molecule has 144 valence electrons. The fraction of sp³-hybridized carbons (Fsp3) is 0.0417. The van der Waals surface area contributed by atoms with Gasteiger partial charge in [-0.2, -0.15) is 15.3 Å². The summed E-state index contributed by atoms with van der Waals surface area (Å²) < 4.78 is 0. The summed E-state index contributed by atoms with van der Waals surface area (Å²) in [6.07, 6.45) is 0. The summed E-state index contributed by atoms with van der Waals surface area (Å²) in [5.41, 5.74) is 11.2. The van der Waals surface area contributed by atoms with Gasteiger partial charge in [0.05, 0.1) is 29.3 Å². The van der Waals surface area contributed by atoms with E-state index in [1.807, 2.05) is 73.7 Å². The van der Waals surface area contributed by atoms with E-state index in [9.17, 15) is 0 Å². The van der Waals surface area contributed by atoms with Crippen molar-refractivity contribution in [2.24, 2.45) is 20.5 Å². The maximum absolute atomic E-state index is 7.10. The van der Waals surface area contributed by atoms with E-state index in [4.69, 9.17) is 12.3 Å². The average molecular weight is 390 g/mol. The highest BCUT2D eigenvalue weighted by molar-refractivity contribution is 5.99. The van der Waals surface area contributed by atoms with Gasteiger partial charge in [-0.25, -0.2) is 4.85 Å². The van der Waals surface area contributed by atoms with Gasteiger partial charge < -0.3 is 5.73 Å². The zero-order valence-electron chi connectivity index (χ0n) is 16.3. The van der Waals surface area contributed by atoms with E-state index in [2.05, 4.69) is 25.3 Å². The van der Waals surface area contributed by atoms with Crippen LogP contribution in [0.15, 0.2) is 99.3 Å². The highest BCUT2D eigenvalue weighted by Crippen LogP contribution is 2.32. The summed E-state index contributed by atoms with van der Waals surface area (Å²) in [6.45, 7) is 8.98. The topological polar surface area (TPSA) is 79.8 Å². The van der Waals surface area contributed by atoms with Crippen molar-refractivity contribution >= 4 is 44.9 Å². The Morgan fingerprint density at radius 3 is 1.97 bits per heavy atom. The third-order valence-electron chi connectivity index (χ3n) is 4.64. The normalized spacial score (nSPS) is 11.3. The molecule has 0 saturated carbocycles. The highest BCUT2D eigenvalue weighted by Gasteiger charge is 2.03. The second-order valence-corrected chi connectivity index (χ2v) is 6.72. The highest BCUT2D eigenvalue weighted by atomic mass is 15.1. The average Bonchev–Trinajstić information content (AvgIpc) is 2.78. The molecule has 0 spiro atoms. The Balaban J connectivity index is 1.51. The predicted octanol–water partition coefficient (Wildman–Crippen LogP) is 8.11. The molecule has 0 radical (unpaired) electrons. The zero-order valence-corrected chi connectivity index (χ0v) is 16.3. The standard InChI is InChI=1S/C24H18N6/c1-16-15-19(11-13-23(16)26-2)29-27-17-7-9-18(10-8-17)28-30-24-14-12-22(25)20-5-3-4-6-21(20)24/h3-15H,25H2,1H3. The van der Waals surface area contributed by atoms with E-state index in [-0.39, 0.29) is 0 Å². The van der Waals surface area contributed by atoms with Crippen LogP contribution in [0, 0.1) is 13.5 Å². The first kappa shape index (κ1) is 19.0. The molecule has 0 aliphatic heterocycles. The van der Waals surface area contributed by atoms with Crippen molar-refractivity contribution in [2.75, 3.05) is 5.73 Å². The van der Waals surface area contributed by atoms with Crippen LogP contribution in [0.5, 0.6) is 0 Å². The number of fused-ring (bicyclic) bond motifs is 1. The van der Waals surface area contributed by atoms with Crippen molar-refractivity contribution in [2.45, 2.75) is 6.92 Å². The SMILES string of the molecule is [C-]#[N+]c1ccc(N=Nc2ccc(N=Nc3ccc(N)c4ccccc34)cc2)cc1C. The second-order valence-electron chi connectivity index (χ2n) is 6.72. The number of aryl methyl sites for hydroxylation is 1. The molecular weight excluding hydrogens is 372 g/mol. The van der Waals surface area contributed by atoms with Gasteiger partial charge in [0.2, 0.25) is 0 Å². The van der Waals surface area contributed by atoms with Crippen LogP contribution in [0.2, 0.25) is 0 Å². The predicted molar refractivity (Wildman–Crippen MR) is 121 cm³/mol. The number of anilines is 1. The number of nitrogens with zero attached hydrogens (tertiary/aromatic N) is 5. The van der Waals surface area contributed by atoms with Crippen LogP contribution in [0.3, 0.4) is 0 Å². The van der Waals surface area contributed by atoms with E-state index < -0.39 is 0 Å². The third kappa shape index (κ3) is 4.05. The van der Waals surface area contributed by atoms with Gasteiger partial charge in [-0.05, 0) is 61.0 Å². The van der Waals surface area contributed by atoms with Crippen molar-refractivity contribution < 1.29 is 0 Å². The Labute approximate surface area is 174 Å². The molecule has 0 aliphatic carbocycles. The zero-order chi connectivity index (χ0) is 20.9. The van der Waals surface area contributed by atoms with Gasteiger partial charge in [0, 0.05) is 16.5 Å². The van der Waals surface area contributed by atoms with Crippen LogP contribution in [0.25, 0.3) is 15.6 Å². The summed E-state index contributed by atoms with van der Waals surface area (Å²) in [4.78, 5) is 3.45. The molecule has 0 aromatic heterocycles. The molecule has 4 aromatic carbocycles. The number of hydrogen-bond donors (Lipinski definition) is 1. The van der Waals surface area contributed by atoms with Gasteiger partial charge in [0.1, 0.15) is 0 Å². The molecule has 0 saturated heterocycles. The molecule has 2 N–H and O–H groups in total. The molecule has 0 aliphatic rings. The fourth-order valence-electron chi connectivity index (χ4n) is 3.03. The minimum Gasteiger partial charge on any atom is -0.398 e. The maximum Gasteiger partial charge on any atom is 0.190 e. The number of hydrogen-bond acceptors (Lipinski definition) is 5. The molecule has 0 atom stereocenters. The smallest absolute Gasteiger partial charge is 0.190 e. The Bertz CT molecular complexity index is 1310. The lowest BCUT2D eigenvalue weighted by Crippen LogP contribution is -1.86. The summed E-state index contributed by atoms with van der Waals surface area (Å²) in [5, 5.41) is 19.1. The molecule has 4 rings (SSSR count).